The number of aliphatic imine (C=N–C) groups is 1. The topological polar surface area (TPSA) is 242 Å². The van der Waals surface area contributed by atoms with Crippen molar-refractivity contribution >= 4 is 53.6 Å². The Kier molecular flexibility index (Phi) is 11.1. The predicted octanol–water partition coefficient (Wildman–Crippen LogP) is 6.73. The molecule has 55 heavy (non-hydrogen) atoms. The van der Waals surface area contributed by atoms with Crippen molar-refractivity contribution < 1.29 is 52.0 Å². The number of non-ortho nitro benzene ring substituents is 3. The van der Waals surface area contributed by atoms with E-state index in [0.29, 0.717) is 16.4 Å². The van der Waals surface area contributed by atoms with Crippen molar-refractivity contribution in [3.8, 4) is 17.2 Å². The normalized spacial score (nSPS) is 16.4. The zero-order chi connectivity index (χ0) is 39.3. The molecule has 4 aromatic rings. The van der Waals surface area contributed by atoms with E-state index in [9.17, 15) is 44.5 Å². The first-order valence-corrected chi connectivity index (χ1v) is 18.2. The van der Waals surface area contributed by atoms with Gasteiger partial charge in [-0.15, -0.1) is 0 Å². The minimum absolute atomic E-state index is 0.0171. The number of para-hydroxylation sites is 1. The minimum Gasteiger partial charge on any atom is -0.487 e. The van der Waals surface area contributed by atoms with Gasteiger partial charge in [-0.3, -0.25) is 45.0 Å². The van der Waals surface area contributed by atoms with E-state index < -0.39 is 63.9 Å². The molecule has 1 fully saturated rings. The van der Waals surface area contributed by atoms with Crippen molar-refractivity contribution in [1.82, 2.24) is 4.90 Å². The van der Waals surface area contributed by atoms with Crippen molar-refractivity contribution in [3.63, 3.8) is 0 Å². The Hall–Kier alpha value is -6.79. The second-order valence-corrected chi connectivity index (χ2v) is 14.0. The number of rotatable bonds is 16. The zero-order valence-electron chi connectivity index (χ0n) is 28.2. The number of esters is 1. The van der Waals surface area contributed by atoms with E-state index in [2.05, 4.69) is 4.99 Å². The number of β-lactam (4-membered cyclic amide) rings is 1. The van der Waals surface area contributed by atoms with Crippen LogP contribution in [0.15, 0.2) is 120 Å². The molecule has 2 aliphatic heterocycles. The predicted molar refractivity (Wildman–Crippen MR) is 193 cm³/mol. The molecule has 4 aromatic carbocycles. The van der Waals surface area contributed by atoms with Crippen LogP contribution in [-0.2, 0) is 30.0 Å². The highest BCUT2D eigenvalue weighted by Gasteiger charge is 2.56. The summed E-state index contributed by atoms with van der Waals surface area (Å²) in [4.78, 5) is 64.5. The average Bonchev–Trinajstić information content (AvgIpc) is 3.55. The Bertz CT molecular complexity index is 2190. The van der Waals surface area contributed by atoms with Crippen molar-refractivity contribution in [2.24, 2.45) is 4.99 Å². The fourth-order valence-corrected chi connectivity index (χ4v) is 7.60. The third-order valence-electron chi connectivity index (χ3n) is 7.72. The number of phosphoric ester groups is 1. The van der Waals surface area contributed by atoms with Gasteiger partial charge in [0, 0.05) is 36.4 Å². The summed E-state index contributed by atoms with van der Waals surface area (Å²) in [5, 5.41) is 33.1. The Morgan fingerprint density at radius 1 is 0.764 bits per heavy atom. The molecule has 0 saturated carbocycles. The summed E-state index contributed by atoms with van der Waals surface area (Å²) < 4.78 is 42.6. The number of carbonyl (C=O) groups is 2. The molecule has 0 aliphatic carbocycles. The van der Waals surface area contributed by atoms with Gasteiger partial charge in [-0.05, 0) is 61.0 Å². The maximum Gasteiger partial charge on any atom is 0.646 e. The molecular formula is C34H26N5O14PS. The van der Waals surface area contributed by atoms with Crippen LogP contribution < -0.4 is 13.8 Å². The summed E-state index contributed by atoms with van der Waals surface area (Å²) in [6.07, 6.45) is 0. The quantitative estimate of drug-likeness (QED) is 0.0217. The molecule has 19 nitrogen and oxygen atoms in total. The monoisotopic (exact) mass is 791 g/mol. The minimum atomic E-state index is -4.98. The highest BCUT2D eigenvalue weighted by atomic mass is 32.2. The Balaban J connectivity index is 1.31. The SMILES string of the molecule is CC(OP(=O)(Oc1ccc([N+](=O)[O-])cc1)Oc1ccc([N+](=O)[O-])cc1)=C(C(=O)OCc1ccc([N+](=O)[O-])cc1)N1C(=O)C2N=C(COc3ccccc3)SC21. The lowest BCUT2D eigenvalue weighted by atomic mass is 10.1. The summed E-state index contributed by atoms with van der Waals surface area (Å²) in [6, 6.07) is 21.8. The van der Waals surface area contributed by atoms with E-state index >= 15 is 0 Å². The number of likely N-dealkylation sites (tertiary alicyclic amines) is 1. The fourth-order valence-electron chi connectivity index (χ4n) is 5.11. The van der Waals surface area contributed by atoms with Crippen molar-refractivity contribution in [1.29, 1.82) is 0 Å². The van der Waals surface area contributed by atoms with Crippen LogP contribution in [0.5, 0.6) is 17.2 Å². The molecule has 21 heteroatoms. The van der Waals surface area contributed by atoms with E-state index in [1.54, 1.807) is 24.3 Å². The molecule has 1 saturated heterocycles. The average molecular weight is 792 g/mol. The van der Waals surface area contributed by atoms with Crippen LogP contribution in [0.2, 0.25) is 0 Å². The van der Waals surface area contributed by atoms with Crippen LogP contribution in [0.1, 0.15) is 12.5 Å². The molecule has 2 unspecified atom stereocenters. The second-order valence-electron chi connectivity index (χ2n) is 11.4. The molecule has 0 aromatic heterocycles. The first-order valence-electron chi connectivity index (χ1n) is 15.8. The number of nitro groups is 3. The van der Waals surface area contributed by atoms with E-state index in [1.807, 2.05) is 6.07 Å². The number of nitrogens with zero attached hydrogens (tertiary/aromatic N) is 5. The Morgan fingerprint density at radius 2 is 1.27 bits per heavy atom. The van der Waals surface area contributed by atoms with Gasteiger partial charge < -0.3 is 23.0 Å². The van der Waals surface area contributed by atoms with Crippen molar-refractivity contribution in [3.05, 3.63) is 150 Å². The first kappa shape index (κ1) is 38.0. The fraction of sp³-hybridized carbons (Fsp3) is 0.147. The molecule has 0 spiro atoms. The number of amides is 1. The molecule has 2 aliphatic rings. The van der Waals surface area contributed by atoms with Crippen LogP contribution in [0.3, 0.4) is 0 Å². The van der Waals surface area contributed by atoms with Gasteiger partial charge in [0.15, 0.2) is 11.7 Å². The highest BCUT2D eigenvalue weighted by molar-refractivity contribution is 8.15. The van der Waals surface area contributed by atoms with E-state index in [1.165, 1.54) is 31.2 Å². The maximum atomic E-state index is 14.4. The molecule has 6 rings (SSSR count). The van der Waals surface area contributed by atoms with Gasteiger partial charge in [-0.1, -0.05) is 30.0 Å². The van der Waals surface area contributed by atoms with E-state index in [4.69, 9.17) is 23.0 Å². The third kappa shape index (κ3) is 8.89. The smallest absolute Gasteiger partial charge is 0.487 e. The number of thioether (sulfide) groups is 1. The zero-order valence-corrected chi connectivity index (χ0v) is 29.9. The lowest BCUT2D eigenvalue weighted by Crippen LogP contribution is -2.61. The molecule has 282 valence electrons. The maximum absolute atomic E-state index is 14.4. The molecule has 0 radical (unpaired) electrons. The van der Waals surface area contributed by atoms with Gasteiger partial charge >= 0.3 is 13.8 Å². The molecule has 1 amide bonds. The van der Waals surface area contributed by atoms with E-state index in [0.717, 1.165) is 65.2 Å². The van der Waals surface area contributed by atoms with E-state index in [-0.39, 0.29) is 35.2 Å². The lowest BCUT2D eigenvalue weighted by Gasteiger charge is -2.41. The number of hydrogen-bond acceptors (Lipinski definition) is 16. The number of ether oxygens (including phenoxy) is 2. The second kappa shape index (κ2) is 16.1. The van der Waals surface area contributed by atoms with Gasteiger partial charge in [0.2, 0.25) is 0 Å². The number of phosphoric acid groups is 1. The standard InChI is InChI=1S/C34H26N5O14PS/c1-21(51-54(48,52-27-15-11-24(12-16-27)38(44)45)53-28-17-13-25(14-18-28)39(46)47)31(34(41)50-19-22-7-9-23(10-8-22)37(42)43)36-32(40)30-33(36)55-29(35-30)20-49-26-5-3-2-4-6-26/h2-18,30,33H,19-20H2,1H3. The number of carbonyl (C=O) groups excluding carboxylic acids is 2. The van der Waals surface area contributed by atoms with Gasteiger partial charge in [0.25, 0.3) is 23.0 Å². The van der Waals surface area contributed by atoms with Crippen LogP contribution >= 0.6 is 19.6 Å². The molecule has 2 heterocycles. The van der Waals surface area contributed by atoms with Gasteiger partial charge in [0.1, 0.15) is 46.6 Å². The molecule has 2 atom stereocenters. The van der Waals surface area contributed by atoms with Crippen LogP contribution in [0, 0.1) is 30.3 Å². The summed E-state index contributed by atoms with van der Waals surface area (Å²) >= 11 is 1.13. The first-order chi connectivity index (χ1) is 26.3. The summed E-state index contributed by atoms with van der Waals surface area (Å²) in [6.45, 7) is 0.803. The van der Waals surface area contributed by atoms with Gasteiger partial charge in [-0.2, -0.15) is 4.57 Å². The largest absolute Gasteiger partial charge is 0.646 e. The number of fused-ring (bicyclic) bond motifs is 1. The highest BCUT2D eigenvalue weighted by Crippen LogP contribution is 2.53. The number of hydrogen-bond donors (Lipinski definition) is 0. The van der Waals surface area contributed by atoms with Crippen LogP contribution in [0.4, 0.5) is 17.1 Å². The summed E-state index contributed by atoms with van der Waals surface area (Å²) in [5.41, 5.74) is -0.981. The summed E-state index contributed by atoms with van der Waals surface area (Å²) in [7, 11) is -4.98. The number of nitro benzene ring substituents is 3. The molecular weight excluding hydrogens is 765 g/mol. The summed E-state index contributed by atoms with van der Waals surface area (Å²) in [5.74, 6) is -2.15. The number of benzene rings is 4. The van der Waals surface area contributed by atoms with Gasteiger partial charge in [-0.25, -0.2) is 4.79 Å². The van der Waals surface area contributed by atoms with Crippen LogP contribution in [0.25, 0.3) is 0 Å². The van der Waals surface area contributed by atoms with Crippen molar-refractivity contribution in [2.75, 3.05) is 6.61 Å². The third-order valence-corrected chi connectivity index (χ3v) is 10.3. The lowest BCUT2D eigenvalue weighted by molar-refractivity contribution is -0.385. The molecule has 0 bridgehead atoms. The van der Waals surface area contributed by atoms with Crippen LogP contribution in [-0.4, -0.2) is 54.6 Å². The molecule has 0 N–H and O–H groups in total. The van der Waals surface area contributed by atoms with Gasteiger partial charge in [0.05, 0.1) is 14.8 Å². The Labute approximate surface area is 314 Å². The van der Waals surface area contributed by atoms with Crippen molar-refractivity contribution in [2.45, 2.75) is 24.9 Å². The Morgan fingerprint density at radius 3 is 1.78 bits per heavy atom. The number of allylic oxidation sites excluding steroid dienone is 1.